The fraction of sp³-hybridized carbons (Fsp3) is 0.243. The van der Waals surface area contributed by atoms with Crippen LogP contribution < -0.4 is 21.1 Å². The van der Waals surface area contributed by atoms with E-state index >= 15 is 0 Å². The number of fused-ring (bicyclic) bond motifs is 1. The maximum Gasteiger partial charge on any atom is 0.261 e. The zero-order chi connectivity index (χ0) is 32.8. The van der Waals surface area contributed by atoms with Crippen LogP contribution in [-0.4, -0.2) is 58.1 Å². The molecule has 0 spiro atoms. The summed E-state index contributed by atoms with van der Waals surface area (Å²) in [7, 11) is 1.77. The van der Waals surface area contributed by atoms with Crippen molar-refractivity contribution >= 4 is 34.1 Å². The number of carbonyl (C=O) groups excluding carboxylic acids is 1. The minimum Gasteiger partial charge on any atom is -0.369 e. The minimum atomic E-state index is -0.416. The predicted octanol–water partition coefficient (Wildman–Crippen LogP) is 4.55. The zero-order valence-electron chi connectivity index (χ0n) is 26.2. The van der Waals surface area contributed by atoms with E-state index < -0.39 is 6.04 Å². The average Bonchev–Trinajstić information content (AvgIpc) is 3.11. The Kier molecular flexibility index (Phi) is 9.93. The van der Waals surface area contributed by atoms with Crippen LogP contribution in [0.5, 0.6) is 0 Å². The summed E-state index contributed by atoms with van der Waals surface area (Å²) in [6.07, 6.45) is 9.02. The highest BCUT2D eigenvalue weighted by atomic mass is 35.5. The van der Waals surface area contributed by atoms with Crippen molar-refractivity contribution in [3.63, 3.8) is 0 Å². The molecular formula is C37H36ClN7O2. The van der Waals surface area contributed by atoms with Gasteiger partial charge in [-0.2, -0.15) is 0 Å². The molecule has 0 saturated carbocycles. The Labute approximate surface area is 279 Å². The van der Waals surface area contributed by atoms with E-state index in [1.54, 1.807) is 48.3 Å². The van der Waals surface area contributed by atoms with Crippen molar-refractivity contribution in [1.82, 2.24) is 30.1 Å². The number of halogens is 1. The molecule has 1 aliphatic heterocycles. The zero-order valence-corrected chi connectivity index (χ0v) is 27.0. The molecule has 238 valence electrons. The first-order valence-corrected chi connectivity index (χ1v) is 15.9. The van der Waals surface area contributed by atoms with Crippen molar-refractivity contribution in [2.45, 2.75) is 19.1 Å². The van der Waals surface area contributed by atoms with Gasteiger partial charge in [0, 0.05) is 68.4 Å². The van der Waals surface area contributed by atoms with Gasteiger partial charge in [-0.05, 0) is 59.2 Å². The monoisotopic (exact) mass is 645 g/mol. The Balaban J connectivity index is 1.21. The molecule has 1 amide bonds. The third-order valence-corrected chi connectivity index (χ3v) is 8.87. The van der Waals surface area contributed by atoms with Crippen LogP contribution in [0.1, 0.15) is 38.9 Å². The Bertz CT molecular complexity index is 1950. The molecule has 1 unspecified atom stereocenters. The van der Waals surface area contributed by atoms with E-state index in [9.17, 15) is 9.59 Å². The lowest BCUT2D eigenvalue weighted by Crippen LogP contribution is -2.46. The van der Waals surface area contributed by atoms with E-state index in [0.29, 0.717) is 46.0 Å². The molecule has 1 fully saturated rings. The van der Waals surface area contributed by atoms with Gasteiger partial charge in [0.15, 0.2) is 0 Å². The van der Waals surface area contributed by atoms with E-state index in [1.807, 2.05) is 30.3 Å². The lowest BCUT2D eigenvalue weighted by Gasteiger charge is -2.36. The van der Waals surface area contributed by atoms with Crippen molar-refractivity contribution in [3.05, 3.63) is 135 Å². The highest BCUT2D eigenvalue weighted by Gasteiger charge is 2.22. The van der Waals surface area contributed by atoms with Crippen LogP contribution in [0.4, 0.5) is 5.69 Å². The number of benzene rings is 3. The molecule has 9 nitrogen and oxygen atoms in total. The van der Waals surface area contributed by atoms with E-state index in [-0.39, 0.29) is 18.0 Å². The Morgan fingerprint density at radius 1 is 1.02 bits per heavy atom. The quantitative estimate of drug-likeness (QED) is 0.215. The molecule has 1 aliphatic rings. The van der Waals surface area contributed by atoms with Gasteiger partial charge >= 0.3 is 0 Å². The van der Waals surface area contributed by atoms with Gasteiger partial charge in [0.2, 0.25) is 0 Å². The Morgan fingerprint density at radius 3 is 2.49 bits per heavy atom. The summed E-state index contributed by atoms with van der Waals surface area (Å²) in [4.78, 5) is 40.2. The fourth-order valence-electron chi connectivity index (χ4n) is 5.90. The number of aromatic nitrogens is 3. The molecule has 10 heteroatoms. The summed E-state index contributed by atoms with van der Waals surface area (Å²) >= 11 is 6.89. The molecule has 3 heterocycles. The Hall–Kier alpha value is -5.01. The number of nitrogens with zero attached hydrogens (tertiary/aromatic N) is 5. The normalized spacial score (nSPS) is 14.1. The summed E-state index contributed by atoms with van der Waals surface area (Å²) < 4.78 is 1.63. The van der Waals surface area contributed by atoms with Gasteiger partial charge in [-0.3, -0.25) is 29.4 Å². The van der Waals surface area contributed by atoms with E-state index in [4.69, 9.17) is 23.0 Å². The fourth-order valence-corrected chi connectivity index (χ4v) is 6.17. The second-order valence-corrected chi connectivity index (χ2v) is 12.0. The highest BCUT2D eigenvalue weighted by molar-refractivity contribution is 6.32. The minimum absolute atomic E-state index is 0.137. The van der Waals surface area contributed by atoms with Crippen molar-refractivity contribution in [3.8, 4) is 12.3 Å². The predicted molar refractivity (Wildman–Crippen MR) is 186 cm³/mol. The first-order valence-electron chi connectivity index (χ1n) is 15.6. The van der Waals surface area contributed by atoms with Crippen LogP contribution in [-0.2, 0) is 20.1 Å². The second-order valence-electron chi connectivity index (χ2n) is 11.6. The maximum atomic E-state index is 13.7. The molecule has 47 heavy (non-hydrogen) atoms. The van der Waals surface area contributed by atoms with E-state index in [1.165, 1.54) is 5.69 Å². The van der Waals surface area contributed by atoms with Crippen molar-refractivity contribution in [2.75, 3.05) is 37.6 Å². The molecule has 5 aromatic rings. The number of hydrogen-bond acceptors (Lipinski definition) is 7. The third-order valence-electron chi connectivity index (χ3n) is 8.55. The summed E-state index contributed by atoms with van der Waals surface area (Å²) in [5, 5.41) is 7.21. The summed E-state index contributed by atoms with van der Waals surface area (Å²) in [5.74, 6) is 3.13. The van der Waals surface area contributed by atoms with Crippen molar-refractivity contribution in [1.29, 1.82) is 0 Å². The van der Waals surface area contributed by atoms with Crippen LogP contribution in [0, 0.1) is 12.3 Å². The molecule has 3 aromatic carbocycles. The Morgan fingerprint density at radius 2 is 1.79 bits per heavy atom. The molecule has 1 atom stereocenters. The van der Waals surface area contributed by atoms with Gasteiger partial charge in [-0.25, -0.2) is 4.98 Å². The van der Waals surface area contributed by atoms with Crippen LogP contribution in [0.2, 0.25) is 5.02 Å². The van der Waals surface area contributed by atoms with Gasteiger partial charge in [-0.15, -0.1) is 6.42 Å². The van der Waals surface area contributed by atoms with E-state index in [2.05, 4.69) is 55.6 Å². The number of anilines is 1. The van der Waals surface area contributed by atoms with E-state index in [0.717, 1.165) is 37.3 Å². The number of pyridine rings is 1. The van der Waals surface area contributed by atoms with Crippen molar-refractivity contribution in [2.24, 2.45) is 7.05 Å². The van der Waals surface area contributed by atoms with Crippen LogP contribution in [0.25, 0.3) is 10.9 Å². The largest absolute Gasteiger partial charge is 0.369 e. The molecule has 1 saturated heterocycles. The first kappa shape index (κ1) is 32.0. The third kappa shape index (κ3) is 7.36. The molecule has 2 N–H and O–H groups in total. The number of carbonyl (C=O) groups is 1. The van der Waals surface area contributed by atoms with Gasteiger partial charge in [0.05, 0.1) is 30.0 Å². The van der Waals surface area contributed by atoms with Gasteiger partial charge < -0.3 is 10.2 Å². The summed E-state index contributed by atoms with van der Waals surface area (Å²) in [5.41, 5.74) is 4.62. The topological polar surface area (TPSA) is 95.4 Å². The number of rotatable bonds is 10. The maximum absolute atomic E-state index is 13.7. The number of terminal acetylenes is 1. The number of amides is 1. The number of nitrogens with one attached hydrogen (secondary N) is 2. The van der Waals surface area contributed by atoms with Gasteiger partial charge in [-0.1, -0.05) is 53.9 Å². The van der Waals surface area contributed by atoms with Crippen LogP contribution >= 0.6 is 11.6 Å². The van der Waals surface area contributed by atoms with Crippen molar-refractivity contribution < 1.29 is 4.79 Å². The molecule has 0 bridgehead atoms. The molecule has 0 radical (unpaired) electrons. The lowest BCUT2D eigenvalue weighted by molar-refractivity contribution is 0.0951. The first-order chi connectivity index (χ1) is 22.9. The summed E-state index contributed by atoms with van der Waals surface area (Å²) in [6.45, 7) is 4.78. The average molecular weight is 646 g/mol. The molecular weight excluding hydrogens is 610 g/mol. The smallest absolute Gasteiger partial charge is 0.261 e. The lowest BCUT2D eigenvalue weighted by atomic mass is 9.96. The molecule has 6 rings (SSSR count). The van der Waals surface area contributed by atoms with Crippen LogP contribution in [0.15, 0.2) is 96.1 Å². The van der Waals surface area contributed by atoms with Gasteiger partial charge in [0.25, 0.3) is 11.5 Å². The highest BCUT2D eigenvalue weighted by Crippen LogP contribution is 2.31. The van der Waals surface area contributed by atoms with Crippen LogP contribution in [0.3, 0.4) is 0 Å². The molecule has 0 aliphatic carbocycles. The SMILES string of the molecule is C#CCNC(c1ccc(C(=O)NCc2cccnc2)cc1)c1cc2c(=O)n(C)c(CN3CCN(c4ccccc4)CC3)nc2cc1Cl. The van der Waals surface area contributed by atoms with Gasteiger partial charge in [0.1, 0.15) is 5.82 Å². The number of piperazine rings is 1. The number of para-hydroxylation sites is 1. The summed E-state index contributed by atoms with van der Waals surface area (Å²) in [6, 6.07) is 24.6. The second kappa shape index (κ2) is 14.6. The molecule has 2 aromatic heterocycles. The number of hydrogen-bond donors (Lipinski definition) is 2. The standard InChI is InChI=1S/C37H36ClN7O2/c1-3-15-40-35(27-11-13-28(14-12-27)36(46)41-24-26-8-7-16-39-23-26)30-21-31-33(22-32(30)38)42-34(43(2)37(31)47)25-44-17-19-45(20-18-44)29-9-5-4-6-10-29/h1,4-14,16,21-23,35,40H,15,17-20,24-25H2,2H3,(H,41,46).